The highest BCUT2D eigenvalue weighted by molar-refractivity contribution is 5.92. The summed E-state index contributed by atoms with van der Waals surface area (Å²) >= 11 is 0. The lowest BCUT2D eigenvalue weighted by molar-refractivity contribution is -0.146. The molecule has 0 spiro atoms. The van der Waals surface area contributed by atoms with E-state index >= 15 is 0 Å². The first kappa shape index (κ1) is 17.0. The molecule has 0 bridgehead atoms. The van der Waals surface area contributed by atoms with E-state index in [0.717, 1.165) is 19.3 Å². The largest absolute Gasteiger partial charge is 0.449 e. The Balaban J connectivity index is 2.05. The summed E-state index contributed by atoms with van der Waals surface area (Å²) in [6.07, 6.45) is 2.22. The number of hydrogen-bond acceptors (Lipinski definition) is 4. The van der Waals surface area contributed by atoms with E-state index in [1.54, 1.807) is 25.1 Å². The number of ether oxygens (including phenoxy) is 1. The molecule has 1 fully saturated rings. The predicted molar refractivity (Wildman–Crippen MR) is 85.7 cm³/mol. The van der Waals surface area contributed by atoms with Gasteiger partial charge in [0.25, 0.3) is 5.91 Å². The van der Waals surface area contributed by atoms with Crippen LogP contribution in [0.5, 0.6) is 0 Å². The molecule has 122 valence electrons. The van der Waals surface area contributed by atoms with Crippen molar-refractivity contribution in [1.82, 2.24) is 4.90 Å². The summed E-state index contributed by atoms with van der Waals surface area (Å²) in [5.41, 5.74) is 0.667. The number of amides is 1. The maximum Gasteiger partial charge on any atom is 0.338 e. The van der Waals surface area contributed by atoms with E-state index in [9.17, 15) is 9.59 Å². The van der Waals surface area contributed by atoms with Gasteiger partial charge in [0, 0.05) is 12.1 Å². The third-order valence-electron chi connectivity index (χ3n) is 4.31. The van der Waals surface area contributed by atoms with Crippen molar-refractivity contribution in [2.45, 2.75) is 58.2 Å². The summed E-state index contributed by atoms with van der Waals surface area (Å²) in [6, 6.07) is 8.58. The van der Waals surface area contributed by atoms with Crippen LogP contribution in [0.3, 0.4) is 0 Å². The molecule has 23 heavy (non-hydrogen) atoms. The first-order chi connectivity index (χ1) is 10.9. The second kappa shape index (κ2) is 7.28. The van der Waals surface area contributed by atoms with Crippen LogP contribution < -0.4 is 0 Å². The van der Waals surface area contributed by atoms with E-state index in [1.807, 2.05) is 24.8 Å². The summed E-state index contributed by atoms with van der Waals surface area (Å²) in [4.78, 5) is 26.6. The van der Waals surface area contributed by atoms with Crippen molar-refractivity contribution >= 4 is 11.9 Å². The lowest BCUT2D eigenvalue weighted by atomic mass is 9.97. The quantitative estimate of drug-likeness (QED) is 0.804. The van der Waals surface area contributed by atoms with Gasteiger partial charge in [-0.25, -0.2) is 4.79 Å². The molecular weight excluding hydrogens is 292 g/mol. The van der Waals surface area contributed by atoms with Gasteiger partial charge in [-0.15, -0.1) is 0 Å². The molecule has 0 aromatic heterocycles. The lowest BCUT2D eigenvalue weighted by Gasteiger charge is -2.40. The minimum Gasteiger partial charge on any atom is -0.449 e. The van der Waals surface area contributed by atoms with Gasteiger partial charge in [-0.3, -0.25) is 4.79 Å². The van der Waals surface area contributed by atoms with E-state index in [4.69, 9.17) is 10.00 Å². The van der Waals surface area contributed by atoms with Crippen LogP contribution in [0.2, 0.25) is 0 Å². The molecule has 1 aliphatic rings. The van der Waals surface area contributed by atoms with Gasteiger partial charge in [-0.1, -0.05) is 6.07 Å². The average Bonchev–Trinajstić information content (AvgIpc) is 2.54. The highest BCUT2D eigenvalue weighted by atomic mass is 16.5. The summed E-state index contributed by atoms with van der Waals surface area (Å²) < 4.78 is 5.31. The fourth-order valence-corrected chi connectivity index (χ4v) is 3.06. The molecule has 0 N–H and O–H groups in total. The van der Waals surface area contributed by atoms with Gasteiger partial charge in [0.05, 0.1) is 17.2 Å². The third-order valence-corrected chi connectivity index (χ3v) is 4.31. The molecular formula is C18H22N2O3. The highest BCUT2D eigenvalue weighted by Gasteiger charge is 2.33. The van der Waals surface area contributed by atoms with Gasteiger partial charge in [0.15, 0.2) is 6.10 Å². The number of hydrogen-bond donors (Lipinski definition) is 0. The molecule has 1 amide bonds. The molecule has 0 unspecified atom stereocenters. The number of esters is 1. The van der Waals surface area contributed by atoms with Crippen molar-refractivity contribution in [3.8, 4) is 6.07 Å². The van der Waals surface area contributed by atoms with Crippen LogP contribution in [0.4, 0.5) is 0 Å². The smallest absolute Gasteiger partial charge is 0.338 e. The zero-order valence-corrected chi connectivity index (χ0v) is 13.8. The fourth-order valence-electron chi connectivity index (χ4n) is 3.06. The Morgan fingerprint density at radius 2 is 1.96 bits per heavy atom. The van der Waals surface area contributed by atoms with Crippen molar-refractivity contribution < 1.29 is 14.3 Å². The number of benzene rings is 1. The number of piperidine rings is 1. The van der Waals surface area contributed by atoms with E-state index in [-0.39, 0.29) is 23.6 Å². The van der Waals surface area contributed by atoms with Crippen LogP contribution in [0.25, 0.3) is 0 Å². The van der Waals surface area contributed by atoms with E-state index in [1.165, 1.54) is 6.07 Å². The number of carbonyl (C=O) groups is 2. The fraction of sp³-hybridized carbons (Fsp3) is 0.500. The SMILES string of the molecule is C[C@@H](OC(=O)c1cccc(C#N)c1)C(=O)N1[C@@H](C)CCC[C@@H]1C. The molecule has 3 atom stereocenters. The van der Waals surface area contributed by atoms with Crippen LogP contribution in [-0.2, 0) is 9.53 Å². The first-order valence-electron chi connectivity index (χ1n) is 7.97. The van der Waals surface area contributed by atoms with Crippen LogP contribution >= 0.6 is 0 Å². The third kappa shape index (κ3) is 3.89. The van der Waals surface area contributed by atoms with Gasteiger partial charge in [-0.05, 0) is 58.2 Å². The monoisotopic (exact) mass is 314 g/mol. The van der Waals surface area contributed by atoms with Crippen molar-refractivity contribution in [3.05, 3.63) is 35.4 Å². The second-order valence-electron chi connectivity index (χ2n) is 6.11. The van der Waals surface area contributed by atoms with Gasteiger partial charge in [-0.2, -0.15) is 5.26 Å². The summed E-state index contributed by atoms with van der Waals surface area (Å²) in [5.74, 6) is -0.741. The maximum absolute atomic E-state index is 12.6. The van der Waals surface area contributed by atoms with Gasteiger partial charge < -0.3 is 9.64 Å². The lowest BCUT2D eigenvalue weighted by Crippen LogP contribution is -2.51. The summed E-state index contributed by atoms with van der Waals surface area (Å²) in [5, 5.41) is 8.88. The summed E-state index contributed by atoms with van der Waals surface area (Å²) in [7, 11) is 0. The highest BCUT2D eigenvalue weighted by Crippen LogP contribution is 2.24. The van der Waals surface area contributed by atoms with Crippen LogP contribution in [0.15, 0.2) is 24.3 Å². The van der Waals surface area contributed by atoms with E-state index < -0.39 is 12.1 Å². The van der Waals surface area contributed by atoms with Crippen molar-refractivity contribution in [2.75, 3.05) is 0 Å². The van der Waals surface area contributed by atoms with Gasteiger partial charge >= 0.3 is 5.97 Å². The number of rotatable bonds is 3. The van der Waals surface area contributed by atoms with E-state index in [2.05, 4.69) is 0 Å². The Kier molecular flexibility index (Phi) is 5.38. The Hall–Kier alpha value is -2.35. The maximum atomic E-state index is 12.6. The molecule has 1 aliphatic heterocycles. The van der Waals surface area contributed by atoms with Crippen LogP contribution in [0, 0.1) is 11.3 Å². The zero-order chi connectivity index (χ0) is 17.0. The Morgan fingerprint density at radius 1 is 1.30 bits per heavy atom. The molecule has 1 aromatic rings. The molecule has 1 heterocycles. The molecule has 0 radical (unpaired) electrons. The standard InChI is InChI=1S/C18H22N2O3/c1-12-6-4-7-13(2)20(12)17(21)14(3)23-18(22)16-9-5-8-15(10-16)11-19/h5,8-10,12-14H,4,6-7H2,1-3H3/t12-,13-,14+/m0/s1. The zero-order valence-electron chi connectivity index (χ0n) is 13.8. The Labute approximate surface area is 136 Å². The topological polar surface area (TPSA) is 70.4 Å². The second-order valence-corrected chi connectivity index (χ2v) is 6.11. The van der Waals surface area contributed by atoms with Crippen molar-refractivity contribution in [1.29, 1.82) is 5.26 Å². The number of nitriles is 1. The average molecular weight is 314 g/mol. The van der Waals surface area contributed by atoms with Crippen molar-refractivity contribution in [3.63, 3.8) is 0 Å². The van der Waals surface area contributed by atoms with E-state index in [0.29, 0.717) is 5.56 Å². The minimum atomic E-state index is -0.837. The molecule has 5 nitrogen and oxygen atoms in total. The molecule has 2 rings (SSSR count). The van der Waals surface area contributed by atoms with Gasteiger partial charge in [0.1, 0.15) is 0 Å². The number of likely N-dealkylation sites (tertiary alicyclic amines) is 1. The Bertz CT molecular complexity index is 625. The minimum absolute atomic E-state index is 0.158. The molecule has 0 saturated carbocycles. The molecule has 5 heteroatoms. The Morgan fingerprint density at radius 3 is 2.57 bits per heavy atom. The molecule has 1 aromatic carbocycles. The normalized spacial score (nSPS) is 22.1. The van der Waals surface area contributed by atoms with Crippen molar-refractivity contribution in [2.24, 2.45) is 0 Å². The van der Waals surface area contributed by atoms with Crippen LogP contribution in [0.1, 0.15) is 56.0 Å². The van der Waals surface area contributed by atoms with Gasteiger partial charge in [0.2, 0.25) is 0 Å². The number of carbonyl (C=O) groups excluding carboxylic acids is 2. The molecule has 1 saturated heterocycles. The first-order valence-corrected chi connectivity index (χ1v) is 7.97. The summed E-state index contributed by atoms with van der Waals surface area (Å²) in [6.45, 7) is 5.65. The predicted octanol–water partition coefficient (Wildman–Crippen LogP) is 2.89. The molecule has 0 aliphatic carbocycles. The number of nitrogens with zero attached hydrogens (tertiary/aromatic N) is 2. The van der Waals surface area contributed by atoms with Crippen LogP contribution in [-0.4, -0.2) is 35.0 Å².